The normalized spacial score (nSPS) is 29.4. The maximum atomic E-state index is 4.16. The monoisotopic (exact) mass is 116 g/mol. The van der Waals surface area contributed by atoms with Gasteiger partial charge in [-0.1, -0.05) is 0 Å². The van der Waals surface area contributed by atoms with Crippen LogP contribution in [0.15, 0.2) is 5.10 Å². The summed E-state index contributed by atoms with van der Waals surface area (Å²) >= 11 is 4.16. The van der Waals surface area contributed by atoms with Gasteiger partial charge >= 0.3 is 0 Å². The lowest BCUT2D eigenvalue weighted by atomic mass is 10.5. The van der Waals surface area contributed by atoms with E-state index in [9.17, 15) is 0 Å². The molecule has 0 saturated carbocycles. The third-order valence-electron chi connectivity index (χ3n) is 0.887. The third-order valence-corrected chi connectivity index (χ3v) is 1.18. The molecule has 0 spiro atoms. The number of hydrazone groups is 1. The van der Waals surface area contributed by atoms with E-state index in [2.05, 4.69) is 17.7 Å². The average molecular weight is 116 g/mol. The first kappa shape index (κ1) is 4.97. The molecule has 1 rings (SSSR count). The van der Waals surface area contributed by atoms with Gasteiger partial charge in [-0.15, -0.1) is 0 Å². The van der Waals surface area contributed by atoms with Crippen LogP contribution >= 0.6 is 12.6 Å². The molecule has 0 fully saturated rings. The van der Waals surface area contributed by atoms with Gasteiger partial charge in [0.1, 0.15) is 0 Å². The smallest absolute Gasteiger partial charge is 0.0579 e. The zero-order chi connectivity index (χ0) is 5.28. The van der Waals surface area contributed by atoms with E-state index in [0.717, 1.165) is 6.54 Å². The van der Waals surface area contributed by atoms with Gasteiger partial charge in [0.05, 0.1) is 11.8 Å². The molecule has 0 aromatic rings. The van der Waals surface area contributed by atoms with Crippen molar-refractivity contribution in [1.29, 1.82) is 0 Å². The van der Waals surface area contributed by atoms with Crippen LogP contribution in [0.25, 0.3) is 0 Å². The highest BCUT2D eigenvalue weighted by molar-refractivity contribution is 7.81. The Balaban J connectivity index is 2.42. The maximum Gasteiger partial charge on any atom is 0.0579 e. The molecule has 0 radical (unpaired) electrons. The quantitative estimate of drug-likeness (QED) is 0.447. The summed E-state index contributed by atoms with van der Waals surface area (Å²) < 4.78 is 0. The van der Waals surface area contributed by atoms with E-state index in [1.807, 2.05) is 18.3 Å². The Morgan fingerprint density at radius 2 is 2.71 bits per heavy atom. The van der Waals surface area contributed by atoms with E-state index in [1.165, 1.54) is 0 Å². The molecule has 0 aliphatic carbocycles. The largest absolute Gasteiger partial charge is 0.299 e. The van der Waals surface area contributed by atoms with Gasteiger partial charge in [0.15, 0.2) is 0 Å². The molecule has 1 atom stereocenters. The van der Waals surface area contributed by atoms with E-state index in [1.54, 1.807) is 0 Å². The van der Waals surface area contributed by atoms with Gasteiger partial charge in [0.2, 0.25) is 0 Å². The van der Waals surface area contributed by atoms with Gasteiger partial charge < -0.3 is 0 Å². The molecular weight excluding hydrogens is 108 g/mol. The second-order valence-electron chi connectivity index (χ2n) is 1.67. The van der Waals surface area contributed by atoms with Crippen molar-refractivity contribution in [3.8, 4) is 0 Å². The van der Waals surface area contributed by atoms with Crippen LogP contribution in [0.3, 0.4) is 0 Å². The van der Waals surface area contributed by atoms with Crippen molar-refractivity contribution in [2.75, 3.05) is 13.6 Å². The van der Waals surface area contributed by atoms with Crippen molar-refractivity contribution >= 4 is 18.8 Å². The second kappa shape index (κ2) is 1.74. The van der Waals surface area contributed by atoms with Gasteiger partial charge in [0, 0.05) is 13.3 Å². The lowest BCUT2D eigenvalue weighted by Crippen LogP contribution is -2.12. The topological polar surface area (TPSA) is 15.6 Å². The Labute approximate surface area is 48.6 Å². The predicted molar refractivity (Wildman–Crippen MR) is 33.9 cm³/mol. The molecule has 1 heterocycles. The Morgan fingerprint density at radius 3 is 2.86 bits per heavy atom. The molecule has 40 valence electrons. The number of hydrogen-bond donors (Lipinski definition) is 1. The van der Waals surface area contributed by atoms with Crippen LogP contribution in [0.5, 0.6) is 0 Å². The van der Waals surface area contributed by atoms with Crippen molar-refractivity contribution in [2.45, 2.75) is 5.25 Å². The van der Waals surface area contributed by atoms with E-state index in [0.29, 0.717) is 5.25 Å². The van der Waals surface area contributed by atoms with Crippen LogP contribution < -0.4 is 0 Å². The fourth-order valence-electron chi connectivity index (χ4n) is 0.556. The highest BCUT2D eigenvalue weighted by Crippen LogP contribution is 2.01. The maximum absolute atomic E-state index is 4.16. The lowest BCUT2D eigenvalue weighted by Gasteiger charge is -2.03. The fourth-order valence-corrected chi connectivity index (χ4v) is 0.852. The first-order chi connectivity index (χ1) is 3.29. The third kappa shape index (κ3) is 1.09. The summed E-state index contributed by atoms with van der Waals surface area (Å²) in [4.78, 5) is 0. The van der Waals surface area contributed by atoms with Gasteiger partial charge in [0.25, 0.3) is 0 Å². The number of nitrogens with zero attached hydrogens (tertiary/aromatic N) is 2. The van der Waals surface area contributed by atoms with Crippen LogP contribution in [-0.4, -0.2) is 30.1 Å². The minimum atomic E-state index is 0.352. The van der Waals surface area contributed by atoms with Crippen LogP contribution in [0, 0.1) is 0 Å². The molecule has 3 heteroatoms. The number of thiol groups is 1. The SMILES string of the molecule is CN1CC(S)C=N1. The molecule has 1 aliphatic rings. The molecule has 2 nitrogen and oxygen atoms in total. The molecule has 7 heavy (non-hydrogen) atoms. The first-order valence-electron chi connectivity index (χ1n) is 2.22. The fraction of sp³-hybridized carbons (Fsp3) is 0.750. The minimum absolute atomic E-state index is 0.352. The van der Waals surface area contributed by atoms with Crippen molar-refractivity contribution in [3.05, 3.63) is 0 Å². The molecule has 0 bridgehead atoms. The second-order valence-corrected chi connectivity index (χ2v) is 2.34. The van der Waals surface area contributed by atoms with Gasteiger partial charge in [-0.05, 0) is 0 Å². The molecule has 0 aromatic heterocycles. The van der Waals surface area contributed by atoms with E-state index < -0.39 is 0 Å². The van der Waals surface area contributed by atoms with Gasteiger partial charge in [-0.2, -0.15) is 17.7 Å². The number of hydrogen-bond acceptors (Lipinski definition) is 3. The Morgan fingerprint density at radius 1 is 2.00 bits per heavy atom. The van der Waals surface area contributed by atoms with Gasteiger partial charge in [-0.25, -0.2) is 0 Å². The predicted octanol–water partition coefficient (Wildman–Crippen LogP) is 0.216. The highest BCUT2D eigenvalue weighted by Gasteiger charge is 2.07. The number of rotatable bonds is 0. The molecule has 0 saturated heterocycles. The molecule has 1 aliphatic heterocycles. The molecule has 0 aromatic carbocycles. The van der Waals surface area contributed by atoms with Gasteiger partial charge in [-0.3, -0.25) is 5.01 Å². The zero-order valence-electron chi connectivity index (χ0n) is 4.20. The van der Waals surface area contributed by atoms with E-state index in [-0.39, 0.29) is 0 Å². The Bertz CT molecular complexity index is 81.7. The minimum Gasteiger partial charge on any atom is -0.299 e. The summed E-state index contributed by atoms with van der Waals surface area (Å²) in [7, 11) is 1.94. The lowest BCUT2D eigenvalue weighted by molar-refractivity contribution is 0.395. The van der Waals surface area contributed by atoms with E-state index in [4.69, 9.17) is 0 Å². The van der Waals surface area contributed by atoms with Crippen molar-refractivity contribution in [2.24, 2.45) is 5.10 Å². The van der Waals surface area contributed by atoms with Crippen LogP contribution in [-0.2, 0) is 0 Å². The molecular formula is C4H8N2S. The first-order valence-corrected chi connectivity index (χ1v) is 2.74. The van der Waals surface area contributed by atoms with Crippen molar-refractivity contribution in [3.63, 3.8) is 0 Å². The summed E-state index contributed by atoms with van der Waals surface area (Å²) in [5.74, 6) is 0. The van der Waals surface area contributed by atoms with Crippen molar-refractivity contribution in [1.82, 2.24) is 5.01 Å². The summed E-state index contributed by atoms with van der Waals surface area (Å²) in [5.41, 5.74) is 0. The highest BCUT2D eigenvalue weighted by atomic mass is 32.1. The zero-order valence-corrected chi connectivity index (χ0v) is 5.10. The standard InChI is InChI=1S/C4H8N2S/c1-6-3-4(7)2-5-6/h2,4,7H,3H2,1H3. The summed E-state index contributed by atoms with van der Waals surface area (Å²) in [6.07, 6.45) is 1.84. The Kier molecular flexibility index (Phi) is 1.23. The van der Waals surface area contributed by atoms with E-state index >= 15 is 0 Å². The van der Waals surface area contributed by atoms with Crippen molar-refractivity contribution < 1.29 is 0 Å². The molecule has 0 N–H and O–H groups in total. The summed E-state index contributed by atoms with van der Waals surface area (Å²) in [6.45, 7) is 0.948. The molecule has 0 amide bonds. The molecule has 1 unspecified atom stereocenters. The van der Waals surface area contributed by atoms with Crippen LogP contribution in [0.1, 0.15) is 0 Å². The van der Waals surface area contributed by atoms with Crippen LogP contribution in [0.2, 0.25) is 0 Å². The average Bonchev–Trinajstić information content (AvgIpc) is 1.87. The Hall–Kier alpha value is -0.180. The summed E-state index contributed by atoms with van der Waals surface area (Å²) in [6, 6.07) is 0. The summed E-state index contributed by atoms with van der Waals surface area (Å²) in [5, 5.41) is 6.17. The van der Waals surface area contributed by atoms with Crippen LogP contribution in [0.4, 0.5) is 0 Å².